The smallest absolute Gasteiger partial charge is 0.339 e. The molecule has 158 valence electrons. The molecule has 1 amide bonds. The molecule has 2 aromatic carbocycles. The van der Waals surface area contributed by atoms with E-state index in [0.29, 0.717) is 16.9 Å². The fourth-order valence-electron chi connectivity index (χ4n) is 3.96. The quantitative estimate of drug-likeness (QED) is 0.610. The van der Waals surface area contributed by atoms with Crippen LogP contribution in [0.3, 0.4) is 0 Å². The van der Waals surface area contributed by atoms with Gasteiger partial charge in [0.15, 0.2) is 6.61 Å². The number of aromatic carboxylic acids is 1. The van der Waals surface area contributed by atoms with Gasteiger partial charge in [0.1, 0.15) is 0 Å². The summed E-state index contributed by atoms with van der Waals surface area (Å²) in [6, 6.07) is 13.5. The summed E-state index contributed by atoms with van der Waals surface area (Å²) in [6.45, 7) is 1.62. The van der Waals surface area contributed by atoms with Crippen LogP contribution in [0.25, 0.3) is 10.9 Å². The summed E-state index contributed by atoms with van der Waals surface area (Å²) < 4.78 is 5.35. The summed E-state index contributed by atoms with van der Waals surface area (Å²) in [5, 5.41) is 12.4. The van der Waals surface area contributed by atoms with Gasteiger partial charge in [-0.1, -0.05) is 37.3 Å². The first-order valence-electron chi connectivity index (χ1n) is 10.1. The number of benzene rings is 2. The minimum Gasteiger partial charge on any atom is -0.478 e. The molecule has 0 fully saturated rings. The number of nitrogens with one attached hydrogen (secondary N) is 1. The molecule has 0 spiro atoms. The van der Waals surface area contributed by atoms with Crippen molar-refractivity contribution in [2.45, 2.75) is 26.2 Å². The monoisotopic (exact) mass is 418 g/mol. The van der Waals surface area contributed by atoms with Crippen molar-refractivity contribution in [3.8, 4) is 0 Å². The number of rotatable bonds is 5. The summed E-state index contributed by atoms with van der Waals surface area (Å²) in [5.41, 5.74) is 3.10. The highest BCUT2D eigenvalue weighted by atomic mass is 16.5. The van der Waals surface area contributed by atoms with Gasteiger partial charge in [-0.05, 0) is 48.9 Å². The van der Waals surface area contributed by atoms with Gasteiger partial charge in [-0.25, -0.2) is 9.59 Å². The number of hydrogen-bond donors (Lipinski definition) is 2. The standard InChI is InChI=1S/C24H22N2O5/c1-14-10-11-20-17(12-14)22(15-6-2-4-8-18(15)25-20)24(30)31-13-21(27)26-19-9-5-3-7-16(19)23(28)29/h2-9,14H,10-13H2,1H3,(H,26,27)(H,28,29). The minimum absolute atomic E-state index is 0.0367. The predicted molar refractivity (Wildman–Crippen MR) is 115 cm³/mol. The molecule has 31 heavy (non-hydrogen) atoms. The van der Waals surface area contributed by atoms with Crippen molar-refractivity contribution in [2.24, 2.45) is 5.92 Å². The van der Waals surface area contributed by atoms with E-state index in [4.69, 9.17) is 9.72 Å². The number of hydrogen-bond acceptors (Lipinski definition) is 5. The minimum atomic E-state index is -1.16. The lowest BCUT2D eigenvalue weighted by Crippen LogP contribution is -2.24. The molecule has 0 saturated carbocycles. The average molecular weight is 418 g/mol. The number of nitrogens with zero attached hydrogens (tertiary/aromatic N) is 1. The number of aromatic nitrogens is 1. The van der Waals surface area contributed by atoms with Crippen LogP contribution in [-0.4, -0.2) is 34.5 Å². The summed E-state index contributed by atoms with van der Waals surface area (Å²) in [4.78, 5) is 41.4. The number of carbonyl (C=O) groups is 3. The van der Waals surface area contributed by atoms with Crippen molar-refractivity contribution in [2.75, 3.05) is 11.9 Å². The topological polar surface area (TPSA) is 106 Å². The average Bonchev–Trinajstić information content (AvgIpc) is 2.76. The lowest BCUT2D eigenvalue weighted by molar-refractivity contribution is -0.119. The molecule has 4 rings (SSSR count). The largest absolute Gasteiger partial charge is 0.478 e. The number of fused-ring (bicyclic) bond motifs is 2. The number of anilines is 1. The molecule has 0 radical (unpaired) electrons. The Bertz CT molecular complexity index is 1190. The van der Waals surface area contributed by atoms with Crippen LogP contribution in [0, 0.1) is 5.92 Å². The van der Waals surface area contributed by atoms with Crippen molar-refractivity contribution in [1.29, 1.82) is 0 Å². The second-order valence-corrected chi connectivity index (χ2v) is 7.75. The molecule has 1 aromatic heterocycles. The number of carboxylic acids is 1. The summed E-state index contributed by atoms with van der Waals surface area (Å²) >= 11 is 0. The van der Waals surface area contributed by atoms with Crippen molar-refractivity contribution in [1.82, 2.24) is 4.98 Å². The van der Waals surface area contributed by atoms with E-state index in [1.165, 1.54) is 12.1 Å². The van der Waals surface area contributed by atoms with Crippen molar-refractivity contribution < 1.29 is 24.2 Å². The molecule has 2 N–H and O–H groups in total. The molecule has 1 aliphatic rings. The van der Waals surface area contributed by atoms with Gasteiger partial charge in [0.2, 0.25) is 0 Å². The number of para-hydroxylation sites is 2. The fraction of sp³-hybridized carbons (Fsp3) is 0.250. The highest BCUT2D eigenvalue weighted by Crippen LogP contribution is 2.32. The van der Waals surface area contributed by atoms with Gasteiger partial charge in [0.05, 0.1) is 22.3 Å². The van der Waals surface area contributed by atoms with E-state index in [9.17, 15) is 19.5 Å². The maximum Gasteiger partial charge on any atom is 0.339 e. The Morgan fingerprint density at radius 3 is 2.68 bits per heavy atom. The summed E-state index contributed by atoms with van der Waals surface area (Å²) in [5.74, 6) is -1.91. The second kappa shape index (κ2) is 8.55. The van der Waals surface area contributed by atoms with Gasteiger partial charge >= 0.3 is 11.9 Å². The van der Waals surface area contributed by atoms with Crippen LogP contribution in [0.5, 0.6) is 0 Å². The zero-order chi connectivity index (χ0) is 22.0. The van der Waals surface area contributed by atoms with Crippen LogP contribution in [0.4, 0.5) is 5.69 Å². The third-order valence-corrected chi connectivity index (χ3v) is 5.48. The van der Waals surface area contributed by atoms with Crippen molar-refractivity contribution in [3.05, 3.63) is 70.9 Å². The van der Waals surface area contributed by atoms with E-state index in [-0.39, 0.29) is 11.3 Å². The highest BCUT2D eigenvalue weighted by Gasteiger charge is 2.26. The normalized spacial score (nSPS) is 15.2. The molecule has 1 unspecified atom stereocenters. The van der Waals surface area contributed by atoms with E-state index in [2.05, 4.69) is 12.2 Å². The molecule has 0 saturated heterocycles. The van der Waals surface area contributed by atoms with Crippen LogP contribution in [-0.2, 0) is 22.4 Å². The Morgan fingerprint density at radius 1 is 1.13 bits per heavy atom. The van der Waals surface area contributed by atoms with E-state index in [1.54, 1.807) is 12.1 Å². The predicted octanol–water partition coefficient (Wildman–Crippen LogP) is 3.85. The molecule has 1 heterocycles. The zero-order valence-corrected chi connectivity index (χ0v) is 17.1. The van der Waals surface area contributed by atoms with Gasteiger partial charge < -0.3 is 15.2 Å². The third-order valence-electron chi connectivity index (χ3n) is 5.48. The fourth-order valence-corrected chi connectivity index (χ4v) is 3.96. The molecule has 1 aliphatic carbocycles. The third kappa shape index (κ3) is 4.26. The lowest BCUT2D eigenvalue weighted by atomic mass is 9.84. The van der Waals surface area contributed by atoms with Gasteiger partial charge in [-0.2, -0.15) is 0 Å². The Kier molecular flexibility index (Phi) is 5.66. The molecule has 0 bridgehead atoms. The van der Waals surface area contributed by atoms with E-state index in [1.807, 2.05) is 24.3 Å². The summed E-state index contributed by atoms with van der Waals surface area (Å²) in [7, 11) is 0. The number of pyridine rings is 1. The Hall–Kier alpha value is -3.74. The maximum absolute atomic E-state index is 13.0. The van der Waals surface area contributed by atoms with Crippen LogP contribution in [0.15, 0.2) is 48.5 Å². The van der Waals surface area contributed by atoms with Crippen LogP contribution < -0.4 is 5.32 Å². The first-order chi connectivity index (χ1) is 14.9. The highest BCUT2D eigenvalue weighted by molar-refractivity contribution is 6.06. The van der Waals surface area contributed by atoms with Crippen LogP contribution >= 0.6 is 0 Å². The zero-order valence-electron chi connectivity index (χ0n) is 17.1. The van der Waals surface area contributed by atoms with Crippen LogP contribution in [0.2, 0.25) is 0 Å². The molecule has 3 aromatic rings. The van der Waals surface area contributed by atoms with Crippen LogP contribution in [0.1, 0.15) is 45.3 Å². The first kappa shape index (κ1) is 20.5. The molecule has 7 nitrogen and oxygen atoms in total. The Labute approximate surface area is 179 Å². The number of ether oxygens (including phenoxy) is 1. The lowest BCUT2D eigenvalue weighted by Gasteiger charge is -2.24. The molecular formula is C24H22N2O5. The Morgan fingerprint density at radius 2 is 1.87 bits per heavy atom. The van der Waals surface area contributed by atoms with Crippen molar-refractivity contribution >= 4 is 34.4 Å². The van der Waals surface area contributed by atoms with Gasteiger partial charge in [0, 0.05) is 11.1 Å². The van der Waals surface area contributed by atoms with Crippen molar-refractivity contribution in [3.63, 3.8) is 0 Å². The number of carbonyl (C=O) groups excluding carboxylic acids is 2. The molecule has 7 heteroatoms. The molecule has 0 aliphatic heterocycles. The van der Waals surface area contributed by atoms with Gasteiger partial charge in [0.25, 0.3) is 5.91 Å². The van der Waals surface area contributed by atoms with E-state index < -0.39 is 24.5 Å². The van der Waals surface area contributed by atoms with Gasteiger partial charge in [-0.15, -0.1) is 0 Å². The number of carboxylic acid groups (broad SMARTS) is 1. The Balaban J connectivity index is 1.56. The summed E-state index contributed by atoms with van der Waals surface area (Å²) in [6.07, 6.45) is 2.54. The number of aryl methyl sites for hydroxylation is 1. The molecular weight excluding hydrogens is 396 g/mol. The maximum atomic E-state index is 13.0. The number of esters is 1. The SMILES string of the molecule is CC1CCc2nc3ccccc3c(C(=O)OCC(=O)Nc3ccccc3C(=O)O)c2C1. The van der Waals surface area contributed by atoms with E-state index >= 15 is 0 Å². The number of amides is 1. The van der Waals surface area contributed by atoms with E-state index in [0.717, 1.165) is 36.0 Å². The first-order valence-corrected chi connectivity index (χ1v) is 10.1. The van der Waals surface area contributed by atoms with Gasteiger partial charge in [-0.3, -0.25) is 9.78 Å². The molecule has 1 atom stereocenters. The second-order valence-electron chi connectivity index (χ2n) is 7.75.